The number of nitro benzene ring substituents is 1. The molecule has 0 aliphatic carbocycles. The van der Waals surface area contributed by atoms with Crippen LogP contribution in [0.25, 0.3) is 0 Å². The summed E-state index contributed by atoms with van der Waals surface area (Å²) in [7, 11) is 2.81. The maximum atomic E-state index is 12.0. The number of nitro groups is 1. The molecule has 130 valence electrons. The molecule has 0 unspecified atom stereocenters. The van der Waals surface area contributed by atoms with Crippen LogP contribution in [-0.4, -0.2) is 31.3 Å². The van der Waals surface area contributed by atoms with Crippen molar-refractivity contribution in [2.24, 2.45) is 5.10 Å². The molecule has 0 saturated carbocycles. The van der Waals surface area contributed by atoms with E-state index in [1.165, 1.54) is 32.6 Å². The Morgan fingerprint density at radius 3 is 2.48 bits per heavy atom. The number of methoxy groups -OCH3 is 2. The van der Waals surface area contributed by atoms with Crippen molar-refractivity contribution in [2.75, 3.05) is 14.2 Å². The minimum absolute atomic E-state index is 0.173. The van der Waals surface area contributed by atoms with Gasteiger partial charge in [-0.2, -0.15) is 5.10 Å². The third-order valence-electron chi connectivity index (χ3n) is 3.38. The lowest BCUT2D eigenvalue weighted by atomic mass is 10.1. The third-order valence-corrected chi connectivity index (χ3v) is 3.38. The lowest BCUT2D eigenvalue weighted by molar-refractivity contribution is -0.385. The normalized spacial score (nSPS) is 10.5. The van der Waals surface area contributed by atoms with Crippen LogP contribution < -0.4 is 14.9 Å². The summed E-state index contributed by atoms with van der Waals surface area (Å²) in [4.78, 5) is 22.7. The van der Waals surface area contributed by atoms with Crippen molar-refractivity contribution in [3.8, 4) is 11.5 Å². The molecule has 8 nitrogen and oxygen atoms in total. The summed E-state index contributed by atoms with van der Waals surface area (Å²) < 4.78 is 10.2. The number of nitrogens with one attached hydrogen (secondary N) is 1. The summed E-state index contributed by atoms with van der Waals surface area (Å²) in [5.74, 6) is 0.137. The number of aryl methyl sites for hydroxylation is 1. The predicted molar refractivity (Wildman–Crippen MR) is 92.4 cm³/mol. The molecule has 0 aromatic heterocycles. The number of hydrogen-bond donors (Lipinski definition) is 1. The van der Waals surface area contributed by atoms with E-state index < -0.39 is 10.8 Å². The second-order valence-corrected chi connectivity index (χ2v) is 5.09. The molecule has 0 saturated heterocycles. The van der Waals surface area contributed by atoms with Gasteiger partial charge in [-0.25, -0.2) is 5.43 Å². The van der Waals surface area contributed by atoms with Gasteiger partial charge in [-0.05, 0) is 25.1 Å². The second kappa shape index (κ2) is 7.91. The number of nitrogens with zero attached hydrogens (tertiary/aromatic N) is 2. The van der Waals surface area contributed by atoms with Crippen LogP contribution in [0.5, 0.6) is 11.5 Å². The molecule has 0 heterocycles. The highest BCUT2D eigenvalue weighted by atomic mass is 16.6. The van der Waals surface area contributed by atoms with Crippen LogP contribution in [-0.2, 0) is 0 Å². The summed E-state index contributed by atoms with van der Waals surface area (Å²) in [6, 6.07) is 9.64. The van der Waals surface area contributed by atoms with Crippen molar-refractivity contribution in [1.29, 1.82) is 0 Å². The zero-order valence-electron chi connectivity index (χ0n) is 14.0. The van der Waals surface area contributed by atoms with E-state index in [2.05, 4.69) is 10.5 Å². The fourth-order valence-electron chi connectivity index (χ4n) is 2.16. The van der Waals surface area contributed by atoms with E-state index in [1.807, 2.05) is 13.0 Å². The summed E-state index contributed by atoms with van der Waals surface area (Å²) in [6.07, 6.45) is 1.19. The Bertz CT molecular complexity index is 833. The Morgan fingerprint density at radius 1 is 1.20 bits per heavy atom. The Kier molecular flexibility index (Phi) is 5.67. The average molecular weight is 343 g/mol. The zero-order chi connectivity index (χ0) is 18.4. The average Bonchev–Trinajstić information content (AvgIpc) is 2.60. The van der Waals surface area contributed by atoms with Gasteiger partial charge in [-0.15, -0.1) is 0 Å². The molecule has 0 spiro atoms. The Labute approximate surface area is 144 Å². The first-order valence-corrected chi connectivity index (χ1v) is 7.26. The first-order valence-electron chi connectivity index (χ1n) is 7.26. The van der Waals surface area contributed by atoms with Crippen molar-refractivity contribution >= 4 is 17.8 Å². The number of benzene rings is 2. The molecule has 0 fully saturated rings. The monoisotopic (exact) mass is 343 g/mol. The number of amides is 1. The van der Waals surface area contributed by atoms with E-state index in [0.717, 1.165) is 5.56 Å². The number of carbonyl (C=O) groups is 1. The van der Waals surface area contributed by atoms with Gasteiger partial charge in [0.25, 0.3) is 11.6 Å². The maximum Gasteiger partial charge on any atom is 0.282 e. The van der Waals surface area contributed by atoms with Crippen LogP contribution in [0.15, 0.2) is 41.5 Å². The number of carbonyl (C=O) groups excluding carboxylic acids is 1. The number of hydrazone groups is 1. The highest BCUT2D eigenvalue weighted by Crippen LogP contribution is 2.33. The van der Waals surface area contributed by atoms with Gasteiger partial charge in [0.15, 0.2) is 11.5 Å². The SMILES string of the molecule is COc1cc(/C=N\NC(=O)c2cccc(C)c2)c([N+](=O)[O-])cc1OC. The number of ether oxygens (including phenoxy) is 2. The molecule has 0 aliphatic heterocycles. The first kappa shape index (κ1) is 17.9. The van der Waals surface area contributed by atoms with E-state index in [9.17, 15) is 14.9 Å². The Morgan fingerprint density at radius 2 is 1.88 bits per heavy atom. The van der Waals surface area contributed by atoms with Gasteiger partial charge in [0.05, 0.1) is 37.0 Å². The Balaban J connectivity index is 2.25. The summed E-state index contributed by atoms with van der Waals surface area (Å²) in [6.45, 7) is 1.87. The van der Waals surface area contributed by atoms with Crippen LogP contribution in [0.2, 0.25) is 0 Å². The van der Waals surface area contributed by atoms with E-state index in [0.29, 0.717) is 11.3 Å². The maximum absolute atomic E-state index is 12.0. The minimum Gasteiger partial charge on any atom is -0.493 e. The summed E-state index contributed by atoms with van der Waals surface area (Å²) in [5.41, 5.74) is 3.68. The molecule has 0 bridgehead atoms. The van der Waals surface area contributed by atoms with Gasteiger partial charge in [-0.1, -0.05) is 17.7 Å². The van der Waals surface area contributed by atoms with Crippen molar-refractivity contribution in [1.82, 2.24) is 5.43 Å². The fraction of sp³-hybridized carbons (Fsp3) is 0.176. The molecule has 2 rings (SSSR count). The van der Waals surface area contributed by atoms with Gasteiger partial charge >= 0.3 is 0 Å². The Hall–Kier alpha value is -3.42. The largest absolute Gasteiger partial charge is 0.493 e. The molecule has 25 heavy (non-hydrogen) atoms. The summed E-state index contributed by atoms with van der Waals surface area (Å²) >= 11 is 0. The molecular formula is C17H17N3O5. The molecule has 2 aromatic rings. The zero-order valence-corrected chi connectivity index (χ0v) is 14.0. The van der Waals surface area contributed by atoms with Crippen LogP contribution in [0.1, 0.15) is 21.5 Å². The number of rotatable bonds is 6. The van der Waals surface area contributed by atoms with Crippen molar-refractivity contribution in [3.05, 3.63) is 63.2 Å². The van der Waals surface area contributed by atoms with Crippen LogP contribution >= 0.6 is 0 Å². The predicted octanol–water partition coefficient (Wildman–Crippen LogP) is 2.68. The molecule has 1 N–H and O–H groups in total. The smallest absolute Gasteiger partial charge is 0.282 e. The van der Waals surface area contributed by atoms with Gasteiger partial charge in [0.1, 0.15) is 0 Å². The molecule has 0 atom stereocenters. The van der Waals surface area contributed by atoms with E-state index in [1.54, 1.807) is 18.2 Å². The highest BCUT2D eigenvalue weighted by Gasteiger charge is 2.18. The van der Waals surface area contributed by atoms with E-state index >= 15 is 0 Å². The van der Waals surface area contributed by atoms with E-state index in [-0.39, 0.29) is 17.0 Å². The van der Waals surface area contributed by atoms with Gasteiger partial charge in [-0.3, -0.25) is 14.9 Å². The second-order valence-electron chi connectivity index (χ2n) is 5.09. The molecular weight excluding hydrogens is 326 g/mol. The molecule has 0 aliphatic rings. The highest BCUT2D eigenvalue weighted by molar-refractivity contribution is 5.95. The van der Waals surface area contributed by atoms with E-state index in [4.69, 9.17) is 9.47 Å². The lowest BCUT2D eigenvalue weighted by Gasteiger charge is -2.08. The number of hydrogen-bond acceptors (Lipinski definition) is 6. The molecule has 1 amide bonds. The van der Waals surface area contributed by atoms with Crippen LogP contribution in [0.4, 0.5) is 5.69 Å². The topological polar surface area (TPSA) is 103 Å². The minimum atomic E-state index is -0.564. The lowest BCUT2D eigenvalue weighted by Crippen LogP contribution is -2.17. The fourth-order valence-corrected chi connectivity index (χ4v) is 2.16. The standard InChI is InChI=1S/C17H17N3O5/c1-11-5-4-6-12(7-11)17(21)19-18-10-13-8-15(24-2)16(25-3)9-14(13)20(22)23/h4-10H,1-3H3,(H,19,21)/b18-10-. The van der Waals surface area contributed by atoms with Gasteiger partial charge < -0.3 is 9.47 Å². The van der Waals surface area contributed by atoms with Crippen molar-refractivity contribution < 1.29 is 19.2 Å². The summed E-state index contributed by atoms with van der Waals surface area (Å²) in [5, 5.41) is 15.0. The first-order chi connectivity index (χ1) is 12.0. The van der Waals surface area contributed by atoms with Crippen LogP contribution in [0, 0.1) is 17.0 Å². The molecule has 0 radical (unpaired) electrons. The van der Waals surface area contributed by atoms with Gasteiger partial charge in [0, 0.05) is 5.56 Å². The van der Waals surface area contributed by atoms with Gasteiger partial charge in [0.2, 0.25) is 0 Å². The molecule has 2 aromatic carbocycles. The third kappa shape index (κ3) is 4.31. The van der Waals surface area contributed by atoms with Crippen molar-refractivity contribution in [2.45, 2.75) is 6.92 Å². The molecule has 8 heteroatoms. The quantitative estimate of drug-likeness (QED) is 0.493. The van der Waals surface area contributed by atoms with Crippen LogP contribution in [0.3, 0.4) is 0 Å². The van der Waals surface area contributed by atoms with Crippen molar-refractivity contribution in [3.63, 3.8) is 0 Å².